The van der Waals surface area contributed by atoms with Gasteiger partial charge in [0, 0.05) is 5.56 Å². The standard InChI is InChI=1S/C18H14FNO4/c1-12(18(22)14-4-6-15(19)7-5-14)24-17(21)11-23-16-8-2-13(10-20)3-9-16/h2-9,12H,11H2,1H3/t12-/m1/s1. The molecule has 2 rings (SSSR count). The van der Waals surface area contributed by atoms with E-state index in [4.69, 9.17) is 14.7 Å². The first-order valence-corrected chi connectivity index (χ1v) is 7.12. The Morgan fingerprint density at radius 3 is 2.33 bits per heavy atom. The number of hydrogen-bond acceptors (Lipinski definition) is 5. The van der Waals surface area contributed by atoms with Gasteiger partial charge in [-0.2, -0.15) is 5.26 Å². The molecule has 0 spiro atoms. The van der Waals surface area contributed by atoms with Crippen molar-refractivity contribution in [1.82, 2.24) is 0 Å². The smallest absolute Gasteiger partial charge is 0.344 e. The summed E-state index contributed by atoms with van der Waals surface area (Å²) in [5.74, 6) is -1.18. The summed E-state index contributed by atoms with van der Waals surface area (Å²) in [6.07, 6.45) is -1.01. The van der Waals surface area contributed by atoms with Gasteiger partial charge in [0.2, 0.25) is 5.78 Å². The summed E-state index contributed by atoms with van der Waals surface area (Å²) in [6.45, 7) is 1.07. The lowest BCUT2D eigenvalue weighted by molar-refractivity contribution is -0.148. The number of nitriles is 1. The van der Waals surface area contributed by atoms with Crippen LogP contribution in [0.4, 0.5) is 4.39 Å². The summed E-state index contributed by atoms with van der Waals surface area (Å²) in [5, 5.41) is 8.69. The van der Waals surface area contributed by atoms with E-state index in [0.29, 0.717) is 11.3 Å². The first-order valence-electron chi connectivity index (χ1n) is 7.12. The number of ether oxygens (including phenoxy) is 2. The van der Waals surface area contributed by atoms with E-state index < -0.39 is 23.7 Å². The molecule has 2 aromatic carbocycles. The topological polar surface area (TPSA) is 76.4 Å². The summed E-state index contributed by atoms with van der Waals surface area (Å²) in [6, 6.07) is 13.2. The molecule has 5 nitrogen and oxygen atoms in total. The average Bonchev–Trinajstić information content (AvgIpc) is 2.60. The Hall–Kier alpha value is -3.20. The summed E-state index contributed by atoms with van der Waals surface area (Å²) >= 11 is 0. The largest absolute Gasteiger partial charge is 0.482 e. The zero-order chi connectivity index (χ0) is 17.5. The van der Waals surface area contributed by atoms with E-state index in [-0.39, 0.29) is 12.2 Å². The van der Waals surface area contributed by atoms with Crippen LogP contribution >= 0.6 is 0 Å². The SMILES string of the molecule is C[C@@H](OC(=O)COc1ccc(C#N)cc1)C(=O)c1ccc(F)cc1. The van der Waals surface area contributed by atoms with Gasteiger partial charge in [0.05, 0.1) is 11.6 Å². The van der Waals surface area contributed by atoms with Crippen molar-refractivity contribution in [3.8, 4) is 11.8 Å². The molecule has 24 heavy (non-hydrogen) atoms. The van der Waals surface area contributed by atoms with Crippen LogP contribution in [0.15, 0.2) is 48.5 Å². The third kappa shape index (κ3) is 4.65. The molecule has 6 heteroatoms. The van der Waals surface area contributed by atoms with Crippen LogP contribution in [0.2, 0.25) is 0 Å². The molecule has 0 heterocycles. The lowest BCUT2D eigenvalue weighted by Gasteiger charge is -2.13. The fourth-order valence-corrected chi connectivity index (χ4v) is 1.90. The molecule has 0 aliphatic carbocycles. The number of benzene rings is 2. The second-order valence-corrected chi connectivity index (χ2v) is 4.93. The van der Waals surface area contributed by atoms with E-state index in [1.165, 1.54) is 19.1 Å². The number of rotatable bonds is 6. The zero-order valence-electron chi connectivity index (χ0n) is 12.9. The first-order chi connectivity index (χ1) is 11.5. The van der Waals surface area contributed by atoms with Gasteiger partial charge in [-0.1, -0.05) is 0 Å². The highest BCUT2D eigenvalue weighted by atomic mass is 19.1. The number of carbonyl (C=O) groups is 2. The van der Waals surface area contributed by atoms with Gasteiger partial charge in [-0.15, -0.1) is 0 Å². The third-order valence-corrected chi connectivity index (χ3v) is 3.15. The van der Waals surface area contributed by atoms with Crippen molar-refractivity contribution >= 4 is 11.8 Å². The second-order valence-electron chi connectivity index (χ2n) is 4.93. The molecule has 2 aromatic rings. The number of halogens is 1. The van der Waals surface area contributed by atoms with E-state index in [0.717, 1.165) is 12.1 Å². The summed E-state index contributed by atoms with van der Waals surface area (Å²) in [4.78, 5) is 23.8. The van der Waals surface area contributed by atoms with E-state index in [1.54, 1.807) is 24.3 Å². The minimum Gasteiger partial charge on any atom is -0.482 e. The normalized spacial score (nSPS) is 11.2. The maximum Gasteiger partial charge on any atom is 0.344 e. The predicted molar refractivity (Wildman–Crippen MR) is 82.9 cm³/mol. The highest BCUT2D eigenvalue weighted by Crippen LogP contribution is 2.12. The number of Topliss-reactive ketones (excluding diaryl/α,β-unsaturated/α-hetero) is 1. The van der Waals surface area contributed by atoms with Crippen LogP contribution in [0.5, 0.6) is 5.75 Å². The van der Waals surface area contributed by atoms with Gasteiger partial charge < -0.3 is 9.47 Å². The van der Waals surface area contributed by atoms with Gasteiger partial charge >= 0.3 is 5.97 Å². The van der Waals surface area contributed by atoms with Crippen LogP contribution in [0, 0.1) is 17.1 Å². The maximum absolute atomic E-state index is 12.8. The van der Waals surface area contributed by atoms with Crippen molar-refractivity contribution in [3.05, 3.63) is 65.5 Å². The summed E-state index contributed by atoms with van der Waals surface area (Å²) in [7, 11) is 0. The molecule has 0 amide bonds. The predicted octanol–water partition coefficient (Wildman–Crippen LogP) is 2.89. The Morgan fingerprint density at radius 1 is 1.12 bits per heavy atom. The van der Waals surface area contributed by atoms with E-state index in [1.807, 2.05) is 6.07 Å². The van der Waals surface area contributed by atoms with Crippen LogP contribution in [0.1, 0.15) is 22.8 Å². The summed E-state index contributed by atoms with van der Waals surface area (Å²) < 4.78 is 23.1. The number of ketones is 1. The molecular weight excluding hydrogens is 313 g/mol. The van der Waals surface area contributed by atoms with Crippen molar-refractivity contribution in [2.75, 3.05) is 6.61 Å². The number of hydrogen-bond donors (Lipinski definition) is 0. The molecule has 0 aliphatic heterocycles. The van der Waals surface area contributed by atoms with Crippen molar-refractivity contribution < 1.29 is 23.5 Å². The minimum absolute atomic E-state index is 0.254. The average molecular weight is 327 g/mol. The van der Waals surface area contributed by atoms with E-state index in [9.17, 15) is 14.0 Å². The van der Waals surface area contributed by atoms with Crippen molar-refractivity contribution in [2.24, 2.45) is 0 Å². The monoisotopic (exact) mass is 327 g/mol. The molecule has 0 aliphatic rings. The van der Waals surface area contributed by atoms with Crippen LogP contribution in [-0.2, 0) is 9.53 Å². The minimum atomic E-state index is -1.01. The van der Waals surface area contributed by atoms with Crippen LogP contribution in [-0.4, -0.2) is 24.5 Å². The van der Waals surface area contributed by atoms with E-state index >= 15 is 0 Å². The Bertz CT molecular complexity index is 763. The number of nitrogens with zero attached hydrogens (tertiary/aromatic N) is 1. The molecular formula is C18H14FNO4. The molecule has 0 saturated heterocycles. The van der Waals surface area contributed by atoms with Gasteiger partial charge in [-0.25, -0.2) is 9.18 Å². The quantitative estimate of drug-likeness (QED) is 0.602. The molecule has 0 saturated carbocycles. The van der Waals surface area contributed by atoms with Crippen molar-refractivity contribution in [2.45, 2.75) is 13.0 Å². The van der Waals surface area contributed by atoms with Gasteiger partial charge in [-0.05, 0) is 55.5 Å². The zero-order valence-corrected chi connectivity index (χ0v) is 12.9. The van der Waals surface area contributed by atoms with Gasteiger partial charge in [0.25, 0.3) is 0 Å². The molecule has 0 unspecified atom stereocenters. The molecule has 0 radical (unpaired) electrons. The fraction of sp³-hybridized carbons (Fsp3) is 0.167. The van der Waals surface area contributed by atoms with Gasteiger partial charge in [0.15, 0.2) is 12.7 Å². The number of carbonyl (C=O) groups excluding carboxylic acids is 2. The maximum atomic E-state index is 12.8. The van der Waals surface area contributed by atoms with E-state index in [2.05, 4.69) is 0 Å². The van der Waals surface area contributed by atoms with Crippen molar-refractivity contribution in [3.63, 3.8) is 0 Å². The lowest BCUT2D eigenvalue weighted by atomic mass is 10.1. The Balaban J connectivity index is 1.85. The Kier molecular flexibility index (Phi) is 5.63. The number of esters is 1. The first kappa shape index (κ1) is 17.2. The highest BCUT2D eigenvalue weighted by Gasteiger charge is 2.19. The molecule has 0 fully saturated rings. The molecule has 122 valence electrons. The highest BCUT2D eigenvalue weighted by molar-refractivity contribution is 6.00. The lowest BCUT2D eigenvalue weighted by Crippen LogP contribution is -2.27. The van der Waals surface area contributed by atoms with Crippen LogP contribution < -0.4 is 4.74 Å². The van der Waals surface area contributed by atoms with Gasteiger partial charge in [-0.3, -0.25) is 4.79 Å². The second kappa shape index (κ2) is 7.88. The Labute approximate surface area is 138 Å². The van der Waals surface area contributed by atoms with Gasteiger partial charge in [0.1, 0.15) is 11.6 Å². The molecule has 1 atom stereocenters. The summed E-state index contributed by atoms with van der Waals surface area (Å²) in [5.41, 5.74) is 0.730. The van der Waals surface area contributed by atoms with Crippen LogP contribution in [0.3, 0.4) is 0 Å². The van der Waals surface area contributed by atoms with Crippen molar-refractivity contribution in [1.29, 1.82) is 5.26 Å². The molecule has 0 aromatic heterocycles. The Morgan fingerprint density at radius 2 is 1.75 bits per heavy atom. The third-order valence-electron chi connectivity index (χ3n) is 3.15. The van der Waals surface area contributed by atoms with Crippen LogP contribution in [0.25, 0.3) is 0 Å². The molecule has 0 bridgehead atoms. The fourth-order valence-electron chi connectivity index (χ4n) is 1.90. The molecule has 0 N–H and O–H groups in total.